The summed E-state index contributed by atoms with van der Waals surface area (Å²) < 4.78 is 13.9. The van der Waals surface area contributed by atoms with Gasteiger partial charge >= 0.3 is 0 Å². The molecule has 0 fully saturated rings. The highest BCUT2D eigenvalue weighted by Gasteiger charge is 2.05. The fourth-order valence-corrected chi connectivity index (χ4v) is 2.70. The largest absolute Gasteiger partial charge is 0.377 e. The lowest BCUT2D eigenvalue weighted by molar-refractivity contribution is 0.627. The van der Waals surface area contributed by atoms with Crippen molar-refractivity contribution in [2.45, 2.75) is 0 Å². The van der Waals surface area contributed by atoms with E-state index >= 15 is 0 Å². The molecule has 21 heavy (non-hydrogen) atoms. The lowest BCUT2D eigenvalue weighted by Gasteiger charge is -2.14. The number of halogens is 2. The molecule has 0 radical (unpaired) electrons. The van der Waals surface area contributed by atoms with Crippen LogP contribution in [0.5, 0.6) is 0 Å². The third kappa shape index (κ3) is 3.71. The molecule has 0 N–H and O–H groups in total. The van der Waals surface area contributed by atoms with Crippen molar-refractivity contribution in [3.63, 3.8) is 0 Å². The Morgan fingerprint density at radius 2 is 1.86 bits per heavy atom. The third-order valence-electron chi connectivity index (χ3n) is 3.04. The molecule has 2 nitrogen and oxygen atoms in total. The topological polar surface area (TPSA) is 27.0 Å². The Balaban J connectivity index is 2.39. The summed E-state index contributed by atoms with van der Waals surface area (Å²) in [5.74, 6) is -0.311. The third-order valence-corrected chi connectivity index (χ3v) is 3.68. The summed E-state index contributed by atoms with van der Waals surface area (Å²) in [4.78, 5) is 2.00. The Morgan fingerprint density at radius 3 is 2.38 bits per heavy atom. The van der Waals surface area contributed by atoms with E-state index in [1.54, 1.807) is 18.2 Å². The molecule has 0 amide bonds. The van der Waals surface area contributed by atoms with E-state index in [2.05, 4.69) is 22.0 Å². The summed E-state index contributed by atoms with van der Waals surface area (Å²) in [5, 5.41) is 9.29. The van der Waals surface area contributed by atoms with Gasteiger partial charge in [-0.05, 0) is 57.4 Å². The molecule has 0 saturated carbocycles. The second-order valence-electron chi connectivity index (χ2n) is 4.78. The van der Waals surface area contributed by atoms with E-state index in [4.69, 9.17) is 0 Å². The van der Waals surface area contributed by atoms with Crippen molar-refractivity contribution in [3.05, 3.63) is 63.9 Å². The van der Waals surface area contributed by atoms with Gasteiger partial charge in [-0.3, -0.25) is 0 Å². The predicted octanol–water partition coefficient (Wildman–Crippen LogP) is 4.72. The summed E-state index contributed by atoms with van der Waals surface area (Å²) in [7, 11) is 3.93. The second kappa shape index (κ2) is 6.55. The molecule has 2 aromatic carbocycles. The van der Waals surface area contributed by atoms with E-state index in [1.165, 1.54) is 12.1 Å². The molecule has 106 valence electrons. The average molecular weight is 345 g/mol. The van der Waals surface area contributed by atoms with Gasteiger partial charge in [-0.25, -0.2) is 4.39 Å². The molecular formula is C17H14BrFN2. The lowest BCUT2D eigenvalue weighted by atomic mass is 10.0. The van der Waals surface area contributed by atoms with Crippen LogP contribution in [0.4, 0.5) is 10.1 Å². The first kappa shape index (κ1) is 15.3. The summed E-state index contributed by atoms with van der Waals surface area (Å²) in [6.07, 6.45) is 1.79. The van der Waals surface area contributed by atoms with Crippen LogP contribution in [-0.4, -0.2) is 14.1 Å². The maximum Gasteiger partial charge on any atom is 0.123 e. The average Bonchev–Trinajstić information content (AvgIpc) is 2.45. The first-order chi connectivity index (χ1) is 10.0. The minimum atomic E-state index is -0.311. The van der Waals surface area contributed by atoms with Crippen molar-refractivity contribution in [3.8, 4) is 6.07 Å². The van der Waals surface area contributed by atoms with Crippen molar-refractivity contribution in [1.82, 2.24) is 0 Å². The molecule has 0 spiro atoms. The highest BCUT2D eigenvalue weighted by molar-refractivity contribution is 9.10. The highest BCUT2D eigenvalue weighted by Crippen LogP contribution is 2.27. The first-order valence-electron chi connectivity index (χ1n) is 6.36. The quantitative estimate of drug-likeness (QED) is 0.595. The van der Waals surface area contributed by atoms with Crippen molar-refractivity contribution in [2.75, 3.05) is 19.0 Å². The summed E-state index contributed by atoms with van der Waals surface area (Å²) in [6, 6.07) is 14.0. The monoisotopic (exact) mass is 344 g/mol. The Kier molecular flexibility index (Phi) is 4.77. The van der Waals surface area contributed by atoms with Crippen LogP contribution in [0.3, 0.4) is 0 Å². The molecule has 0 heterocycles. The van der Waals surface area contributed by atoms with E-state index in [0.717, 1.165) is 15.7 Å². The zero-order chi connectivity index (χ0) is 15.4. The summed E-state index contributed by atoms with van der Waals surface area (Å²) in [5.41, 5.74) is 3.17. The molecule has 0 aliphatic carbocycles. The van der Waals surface area contributed by atoms with Gasteiger partial charge in [0.05, 0.1) is 17.3 Å². The van der Waals surface area contributed by atoms with Crippen LogP contribution in [-0.2, 0) is 0 Å². The maximum absolute atomic E-state index is 12.9. The van der Waals surface area contributed by atoms with Gasteiger partial charge in [-0.1, -0.05) is 18.2 Å². The van der Waals surface area contributed by atoms with E-state index < -0.39 is 0 Å². The van der Waals surface area contributed by atoms with Gasteiger partial charge in [-0.15, -0.1) is 0 Å². The minimum absolute atomic E-state index is 0.311. The van der Waals surface area contributed by atoms with Crippen molar-refractivity contribution >= 4 is 33.3 Å². The Hall–Kier alpha value is -2.12. The zero-order valence-corrected chi connectivity index (χ0v) is 13.4. The number of nitriles is 1. The SMILES string of the molecule is CN(C)c1ccc(C=C(C#N)c2ccc(F)cc2)cc1Br. The van der Waals surface area contributed by atoms with Gasteiger partial charge in [0.2, 0.25) is 0 Å². The second-order valence-corrected chi connectivity index (χ2v) is 5.64. The Morgan fingerprint density at radius 1 is 1.19 bits per heavy atom. The molecule has 0 aliphatic rings. The highest BCUT2D eigenvalue weighted by atomic mass is 79.9. The molecule has 0 aliphatic heterocycles. The van der Waals surface area contributed by atoms with E-state index in [9.17, 15) is 9.65 Å². The van der Waals surface area contributed by atoms with Crippen LogP contribution in [0.15, 0.2) is 46.9 Å². The van der Waals surface area contributed by atoms with Crippen LogP contribution < -0.4 is 4.90 Å². The number of hydrogen-bond donors (Lipinski definition) is 0. The van der Waals surface area contributed by atoms with Gasteiger partial charge < -0.3 is 4.90 Å². The van der Waals surface area contributed by atoms with Crippen molar-refractivity contribution in [2.24, 2.45) is 0 Å². The Labute approximate surface area is 132 Å². The lowest BCUT2D eigenvalue weighted by Crippen LogP contribution is -2.09. The van der Waals surface area contributed by atoms with Crippen molar-refractivity contribution < 1.29 is 4.39 Å². The fourth-order valence-electron chi connectivity index (χ4n) is 1.95. The normalized spacial score (nSPS) is 11.1. The Bertz CT molecular complexity index is 713. The smallest absolute Gasteiger partial charge is 0.123 e. The molecule has 2 rings (SSSR count). The minimum Gasteiger partial charge on any atom is -0.377 e. The van der Waals surface area contributed by atoms with Gasteiger partial charge in [0.1, 0.15) is 5.82 Å². The standard InChI is InChI=1S/C17H14BrFN2/c1-21(2)17-8-3-12(10-16(17)18)9-14(11-20)13-4-6-15(19)7-5-13/h3-10H,1-2H3. The molecule has 4 heteroatoms. The molecular weight excluding hydrogens is 331 g/mol. The van der Waals surface area contributed by atoms with Crippen LogP contribution >= 0.6 is 15.9 Å². The van der Waals surface area contributed by atoms with Gasteiger partial charge in [0.15, 0.2) is 0 Å². The zero-order valence-electron chi connectivity index (χ0n) is 11.8. The maximum atomic E-state index is 12.9. The van der Waals surface area contributed by atoms with Gasteiger partial charge in [0.25, 0.3) is 0 Å². The number of hydrogen-bond acceptors (Lipinski definition) is 2. The number of anilines is 1. The van der Waals surface area contributed by atoms with E-state index in [1.807, 2.05) is 37.2 Å². The van der Waals surface area contributed by atoms with Crippen LogP contribution in [0, 0.1) is 17.1 Å². The van der Waals surface area contributed by atoms with E-state index in [0.29, 0.717) is 11.1 Å². The van der Waals surface area contributed by atoms with E-state index in [-0.39, 0.29) is 5.82 Å². The number of nitrogens with zero attached hydrogens (tertiary/aromatic N) is 2. The van der Waals surface area contributed by atoms with Crippen LogP contribution in [0.2, 0.25) is 0 Å². The number of allylic oxidation sites excluding steroid dienone is 1. The van der Waals surface area contributed by atoms with Crippen LogP contribution in [0.25, 0.3) is 11.6 Å². The number of benzene rings is 2. The number of rotatable bonds is 3. The van der Waals surface area contributed by atoms with Crippen molar-refractivity contribution in [1.29, 1.82) is 5.26 Å². The van der Waals surface area contributed by atoms with Crippen LogP contribution in [0.1, 0.15) is 11.1 Å². The first-order valence-corrected chi connectivity index (χ1v) is 7.15. The molecule has 2 aromatic rings. The van der Waals surface area contributed by atoms with Gasteiger partial charge in [0, 0.05) is 18.6 Å². The summed E-state index contributed by atoms with van der Waals surface area (Å²) in [6.45, 7) is 0. The van der Waals surface area contributed by atoms with Gasteiger partial charge in [-0.2, -0.15) is 5.26 Å². The molecule has 0 bridgehead atoms. The molecule has 0 atom stereocenters. The molecule has 0 aromatic heterocycles. The summed E-state index contributed by atoms with van der Waals surface area (Å²) >= 11 is 3.52. The molecule has 0 saturated heterocycles. The molecule has 0 unspecified atom stereocenters. The fraction of sp³-hybridized carbons (Fsp3) is 0.118. The predicted molar refractivity (Wildman–Crippen MR) is 88.4 cm³/mol.